The molecule has 28 heavy (non-hydrogen) atoms. The van der Waals surface area contributed by atoms with E-state index in [-0.39, 0.29) is 16.9 Å². The highest BCUT2D eigenvalue weighted by Gasteiger charge is 2.32. The minimum atomic E-state index is -0.165. The van der Waals surface area contributed by atoms with Gasteiger partial charge in [0, 0.05) is 17.5 Å². The van der Waals surface area contributed by atoms with Crippen molar-refractivity contribution < 1.29 is 0 Å². The molecule has 2 aromatic heterocycles. The van der Waals surface area contributed by atoms with Crippen LogP contribution in [0.5, 0.6) is 0 Å². The number of hydrogen-bond acceptors (Lipinski definition) is 6. The zero-order valence-corrected chi connectivity index (χ0v) is 17.6. The Balaban J connectivity index is 1.75. The lowest BCUT2D eigenvalue weighted by molar-refractivity contribution is 0.482. The average Bonchev–Trinajstić information content (AvgIpc) is 3.52. The van der Waals surface area contributed by atoms with Gasteiger partial charge in [-0.2, -0.15) is 4.98 Å². The number of thioether (sulfide) groups is 1. The summed E-state index contributed by atoms with van der Waals surface area (Å²) in [4.78, 5) is 27.5. The number of nitrogens with one attached hydrogen (secondary N) is 1. The fourth-order valence-corrected chi connectivity index (χ4v) is 4.01. The van der Waals surface area contributed by atoms with Crippen molar-refractivity contribution in [2.45, 2.75) is 44.2 Å². The molecule has 0 spiro atoms. The van der Waals surface area contributed by atoms with Gasteiger partial charge in [-0.15, -0.1) is 11.8 Å². The van der Waals surface area contributed by atoms with Gasteiger partial charge in [0.15, 0.2) is 11.5 Å². The van der Waals surface area contributed by atoms with Gasteiger partial charge in [0.1, 0.15) is 5.52 Å². The van der Waals surface area contributed by atoms with Crippen LogP contribution in [0.2, 0.25) is 5.28 Å². The summed E-state index contributed by atoms with van der Waals surface area (Å²) in [5.74, 6) is 0.812. The molecule has 1 aliphatic carbocycles. The summed E-state index contributed by atoms with van der Waals surface area (Å²) in [6.07, 6.45) is 4.30. The molecule has 0 saturated heterocycles. The lowest BCUT2D eigenvalue weighted by Crippen LogP contribution is -2.29. The molecule has 0 radical (unpaired) electrons. The highest BCUT2D eigenvalue weighted by molar-refractivity contribution is 7.98. The number of anilines is 1. The van der Waals surface area contributed by atoms with Crippen LogP contribution in [0.3, 0.4) is 0 Å². The third-order valence-corrected chi connectivity index (χ3v) is 6.13. The molecule has 1 atom stereocenters. The van der Waals surface area contributed by atoms with Gasteiger partial charge in [-0.05, 0) is 68.2 Å². The van der Waals surface area contributed by atoms with Crippen LogP contribution in [0.15, 0.2) is 34.0 Å². The van der Waals surface area contributed by atoms with E-state index in [1.165, 1.54) is 4.90 Å². The average molecular weight is 416 g/mol. The summed E-state index contributed by atoms with van der Waals surface area (Å²) in [5, 5.41) is 3.35. The predicted molar refractivity (Wildman–Crippen MR) is 114 cm³/mol. The maximum Gasteiger partial charge on any atom is 0.295 e. The summed E-state index contributed by atoms with van der Waals surface area (Å²) in [6, 6.07) is 8.30. The first kappa shape index (κ1) is 19.2. The van der Waals surface area contributed by atoms with Gasteiger partial charge in [0.2, 0.25) is 5.28 Å². The van der Waals surface area contributed by atoms with Crippen LogP contribution >= 0.6 is 23.4 Å². The third kappa shape index (κ3) is 3.73. The fourth-order valence-electron chi connectivity index (χ4n) is 3.40. The van der Waals surface area contributed by atoms with Crippen molar-refractivity contribution in [1.29, 1.82) is 0 Å². The number of aryl methyl sites for hydroxylation is 1. The van der Waals surface area contributed by atoms with Crippen molar-refractivity contribution >= 4 is 40.3 Å². The minimum Gasteiger partial charge on any atom is -0.361 e. The number of hydrogen-bond donors (Lipinski definition) is 1. The van der Waals surface area contributed by atoms with E-state index in [0.29, 0.717) is 35.1 Å². The van der Waals surface area contributed by atoms with E-state index in [2.05, 4.69) is 51.5 Å². The molecule has 1 unspecified atom stereocenters. The van der Waals surface area contributed by atoms with Gasteiger partial charge in [-0.1, -0.05) is 12.1 Å². The van der Waals surface area contributed by atoms with Gasteiger partial charge in [-0.3, -0.25) is 9.36 Å². The van der Waals surface area contributed by atoms with Crippen LogP contribution in [0.25, 0.3) is 11.2 Å². The highest BCUT2D eigenvalue weighted by atomic mass is 35.5. The van der Waals surface area contributed by atoms with E-state index in [1.54, 1.807) is 16.3 Å². The van der Waals surface area contributed by atoms with E-state index in [9.17, 15) is 4.79 Å². The zero-order valence-electron chi connectivity index (χ0n) is 16.1. The molecule has 3 aromatic rings. The van der Waals surface area contributed by atoms with E-state index in [4.69, 9.17) is 11.6 Å². The van der Waals surface area contributed by atoms with Crippen LogP contribution in [0.4, 0.5) is 5.82 Å². The first-order chi connectivity index (χ1) is 13.5. The molecule has 0 aliphatic heterocycles. The SMILES string of the molecule is CSc1ccc(CNc2nc3c(C)nc(Cl)nc3n(C(C)C3CC3)c2=O)cc1. The lowest BCUT2D eigenvalue weighted by Gasteiger charge is -2.18. The Morgan fingerprint density at radius 3 is 2.61 bits per heavy atom. The standard InChI is InChI=1S/C20H22ClN5OS/c1-11-16-18(25-20(21)23-11)26(12(2)14-6-7-14)19(27)17(24-16)22-10-13-4-8-15(28-3)9-5-13/h4-5,8-9,12,14H,6-7,10H2,1-3H3,(H,22,24). The number of aromatic nitrogens is 4. The van der Waals surface area contributed by atoms with E-state index >= 15 is 0 Å². The molecular formula is C20H22ClN5OS. The Bertz CT molecular complexity index is 1080. The smallest absolute Gasteiger partial charge is 0.295 e. The molecule has 1 fully saturated rings. The molecule has 1 N–H and O–H groups in total. The Morgan fingerprint density at radius 2 is 1.96 bits per heavy atom. The monoisotopic (exact) mass is 415 g/mol. The lowest BCUT2D eigenvalue weighted by atomic mass is 10.2. The number of fused-ring (bicyclic) bond motifs is 1. The largest absolute Gasteiger partial charge is 0.361 e. The molecule has 6 nitrogen and oxygen atoms in total. The fraction of sp³-hybridized carbons (Fsp3) is 0.400. The van der Waals surface area contributed by atoms with Gasteiger partial charge in [0.05, 0.1) is 5.69 Å². The molecule has 1 aromatic carbocycles. The Hall–Kier alpha value is -2.12. The van der Waals surface area contributed by atoms with Crippen LogP contribution in [-0.2, 0) is 6.54 Å². The Labute approximate surface area is 172 Å². The molecule has 1 saturated carbocycles. The molecule has 8 heteroatoms. The number of nitrogens with zero attached hydrogens (tertiary/aromatic N) is 4. The Morgan fingerprint density at radius 1 is 1.25 bits per heavy atom. The Kier molecular flexibility index (Phi) is 5.29. The first-order valence-electron chi connectivity index (χ1n) is 9.31. The molecule has 2 heterocycles. The molecule has 4 rings (SSSR count). The van der Waals surface area contributed by atoms with Gasteiger partial charge in [-0.25, -0.2) is 9.97 Å². The van der Waals surface area contributed by atoms with Gasteiger partial charge in [0.25, 0.3) is 5.56 Å². The normalized spacial score (nSPS) is 15.0. The van der Waals surface area contributed by atoms with Crippen LogP contribution < -0.4 is 10.9 Å². The summed E-state index contributed by atoms with van der Waals surface area (Å²) in [5.41, 5.74) is 2.71. The second-order valence-electron chi connectivity index (χ2n) is 7.17. The van der Waals surface area contributed by atoms with Crippen molar-refractivity contribution in [3.8, 4) is 0 Å². The number of halogens is 1. The molecule has 146 valence electrons. The summed E-state index contributed by atoms with van der Waals surface area (Å²) in [7, 11) is 0. The number of rotatable bonds is 6. The molecule has 1 aliphatic rings. The summed E-state index contributed by atoms with van der Waals surface area (Å²) < 4.78 is 1.74. The molecule has 0 amide bonds. The quantitative estimate of drug-likeness (QED) is 0.473. The zero-order chi connectivity index (χ0) is 19.8. The van der Waals surface area contributed by atoms with Crippen molar-refractivity contribution in [2.75, 3.05) is 11.6 Å². The van der Waals surface area contributed by atoms with Crippen LogP contribution in [0.1, 0.15) is 37.1 Å². The topological polar surface area (TPSA) is 72.7 Å². The van der Waals surface area contributed by atoms with E-state index in [0.717, 1.165) is 18.4 Å². The second kappa shape index (κ2) is 7.72. The highest BCUT2D eigenvalue weighted by Crippen LogP contribution is 2.39. The predicted octanol–water partition coefficient (Wildman–Crippen LogP) is 4.45. The van der Waals surface area contributed by atoms with Crippen LogP contribution in [0, 0.1) is 12.8 Å². The van der Waals surface area contributed by atoms with Crippen molar-refractivity contribution in [2.24, 2.45) is 5.92 Å². The van der Waals surface area contributed by atoms with Crippen molar-refractivity contribution in [1.82, 2.24) is 19.5 Å². The van der Waals surface area contributed by atoms with Crippen molar-refractivity contribution in [3.63, 3.8) is 0 Å². The first-order valence-corrected chi connectivity index (χ1v) is 10.9. The van der Waals surface area contributed by atoms with Crippen molar-refractivity contribution in [3.05, 3.63) is 51.2 Å². The molecule has 0 bridgehead atoms. The van der Waals surface area contributed by atoms with Gasteiger partial charge < -0.3 is 5.32 Å². The van der Waals surface area contributed by atoms with E-state index < -0.39 is 0 Å². The minimum absolute atomic E-state index is 0.0461. The van der Waals surface area contributed by atoms with Crippen LogP contribution in [-0.4, -0.2) is 25.8 Å². The third-order valence-electron chi connectivity index (χ3n) is 5.22. The number of benzene rings is 1. The second-order valence-corrected chi connectivity index (χ2v) is 8.38. The summed E-state index contributed by atoms with van der Waals surface area (Å²) >= 11 is 7.77. The molecular weight excluding hydrogens is 394 g/mol. The maximum absolute atomic E-state index is 13.2. The van der Waals surface area contributed by atoms with Gasteiger partial charge >= 0.3 is 0 Å². The van der Waals surface area contributed by atoms with E-state index in [1.807, 2.05) is 13.2 Å². The summed E-state index contributed by atoms with van der Waals surface area (Å²) in [6.45, 7) is 4.42. The maximum atomic E-state index is 13.2.